The molecule has 2 amide bonds. The summed E-state index contributed by atoms with van der Waals surface area (Å²) in [6, 6.07) is 6.25. The van der Waals surface area contributed by atoms with Crippen LogP contribution in [0.1, 0.15) is 34.6 Å². The van der Waals surface area contributed by atoms with Crippen molar-refractivity contribution in [3.63, 3.8) is 0 Å². The Bertz CT molecular complexity index is 978. The lowest BCUT2D eigenvalue weighted by Crippen LogP contribution is -2.37. The van der Waals surface area contributed by atoms with Gasteiger partial charge in [-0.1, -0.05) is 12.1 Å². The lowest BCUT2D eigenvalue weighted by molar-refractivity contribution is 0.0533. The van der Waals surface area contributed by atoms with Crippen molar-refractivity contribution < 1.29 is 27.5 Å². The summed E-state index contributed by atoms with van der Waals surface area (Å²) in [5.41, 5.74) is 0.346. The summed E-state index contributed by atoms with van der Waals surface area (Å²) in [6.07, 6.45) is 0.582. The number of benzene rings is 1. The van der Waals surface area contributed by atoms with Crippen molar-refractivity contribution >= 4 is 22.0 Å². The van der Waals surface area contributed by atoms with Crippen molar-refractivity contribution in [3.8, 4) is 17.1 Å². The Labute approximate surface area is 169 Å². The van der Waals surface area contributed by atoms with E-state index in [1.54, 1.807) is 46.8 Å². The van der Waals surface area contributed by atoms with E-state index < -0.39 is 32.9 Å². The highest BCUT2D eigenvalue weighted by Gasteiger charge is 2.20. The third-order valence-electron chi connectivity index (χ3n) is 3.53. The molecule has 0 atom stereocenters. The van der Waals surface area contributed by atoms with E-state index in [1.165, 1.54) is 24.5 Å². The van der Waals surface area contributed by atoms with Crippen LogP contribution in [-0.4, -0.2) is 41.4 Å². The smallest absolute Gasteiger partial charge is 0.423 e. The Morgan fingerprint density at radius 1 is 1.00 bits per heavy atom. The minimum Gasteiger partial charge on any atom is -0.443 e. The molecule has 1 aromatic heterocycles. The van der Waals surface area contributed by atoms with E-state index in [9.17, 15) is 18.0 Å². The summed E-state index contributed by atoms with van der Waals surface area (Å²) < 4.78 is 34.1. The maximum absolute atomic E-state index is 12.2. The number of nitrogens with zero attached hydrogens (tertiary/aromatic N) is 2. The van der Waals surface area contributed by atoms with Crippen molar-refractivity contribution in [3.05, 3.63) is 36.7 Å². The minimum atomic E-state index is -3.36. The highest BCUT2D eigenvalue weighted by Crippen LogP contribution is 2.22. The third kappa shape index (κ3) is 6.24. The average molecular weight is 421 g/mol. The number of alkyl carbamates (subject to hydrolysis) is 1. The molecule has 0 fully saturated rings. The molecule has 29 heavy (non-hydrogen) atoms. The van der Waals surface area contributed by atoms with Crippen LogP contribution in [0.25, 0.3) is 11.3 Å². The second-order valence-corrected chi connectivity index (χ2v) is 9.88. The van der Waals surface area contributed by atoms with E-state index >= 15 is 0 Å². The maximum atomic E-state index is 12.2. The van der Waals surface area contributed by atoms with Crippen LogP contribution in [0.5, 0.6) is 5.88 Å². The van der Waals surface area contributed by atoms with Crippen LogP contribution >= 0.6 is 0 Å². The summed E-state index contributed by atoms with van der Waals surface area (Å²) in [4.78, 5) is 31.5. The number of hydrogen-bond acceptors (Lipinski definition) is 8. The molecule has 0 saturated carbocycles. The first-order valence-electron chi connectivity index (χ1n) is 8.76. The molecule has 0 spiro atoms. The molecule has 0 bridgehead atoms. The Balaban J connectivity index is 2.03. The van der Waals surface area contributed by atoms with Gasteiger partial charge in [-0.2, -0.15) is 0 Å². The van der Waals surface area contributed by atoms with Crippen LogP contribution in [0.4, 0.5) is 9.59 Å². The Morgan fingerprint density at radius 3 is 2.10 bits per heavy atom. The van der Waals surface area contributed by atoms with Crippen molar-refractivity contribution in [2.45, 2.75) is 50.4 Å². The van der Waals surface area contributed by atoms with Gasteiger partial charge in [0.05, 0.1) is 28.2 Å². The highest BCUT2D eigenvalue weighted by molar-refractivity contribution is 7.92. The zero-order valence-corrected chi connectivity index (χ0v) is 17.6. The number of hydrogen-bond donors (Lipinski definition) is 1. The van der Waals surface area contributed by atoms with Crippen molar-refractivity contribution in [2.75, 3.05) is 0 Å². The highest BCUT2D eigenvalue weighted by atomic mass is 32.2. The van der Waals surface area contributed by atoms with Crippen molar-refractivity contribution in [2.24, 2.45) is 0 Å². The van der Waals surface area contributed by atoms with Crippen LogP contribution in [0, 0.1) is 0 Å². The lowest BCUT2D eigenvalue weighted by Gasteiger charge is -2.18. The predicted octanol–water partition coefficient (Wildman–Crippen LogP) is 3.35. The van der Waals surface area contributed by atoms with Crippen LogP contribution in [0.2, 0.25) is 0 Å². The van der Waals surface area contributed by atoms with E-state index in [2.05, 4.69) is 9.97 Å². The van der Waals surface area contributed by atoms with Gasteiger partial charge in [0, 0.05) is 5.56 Å². The van der Waals surface area contributed by atoms with E-state index in [0.717, 1.165) is 0 Å². The molecule has 0 aliphatic carbocycles. The number of carbonyl (C=O) groups is 2. The van der Waals surface area contributed by atoms with Crippen molar-refractivity contribution in [1.82, 2.24) is 15.3 Å². The molecule has 1 N–H and O–H groups in total. The average Bonchev–Trinajstić information content (AvgIpc) is 2.60. The largest absolute Gasteiger partial charge is 0.443 e. The number of aromatic nitrogens is 2. The molecule has 0 aliphatic heterocycles. The van der Waals surface area contributed by atoms with Gasteiger partial charge in [-0.15, -0.1) is 0 Å². The molecule has 156 valence electrons. The van der Waals surface area contributed by atoms with Gasteiger partial charge in [0.25, 0.3) is 0 Å². The number of ether oxygens (including phenoxy) is 2. The van der Waals surface area contributed by atoms with Gasteiger partial charge in [0.1, 0.15) is 5.60 Å². The van der Waals surface area contributed by atoms with Gasteiger partial charge >= 0.3 is 12.2 Å². The normalized spacial score (nSPS) is 11.8. The molecule has 0 radical (unpaired) electrons. The number of imide groups is 1. The Kier molecular flexibility index (Phi) is 6.58. The molecule has 1 aromatic carbocycles. The molecule has 9 nitrogen and oxygen atoms in total. The first-order chi connectivity index (χ1) is 13.4. The second kappa shape index (κ2) is 8.56. The van der Waals surface area contributed by atoms with Crippen molar-refractivity contribution in [1.29, 1.82) is 0 Å². The quantitative estimate of drug-likeness (QED) is 0.797. The summed E-state index contributed by atoms with van der Waals surface area (Å²) in [6.45, 7) is 8.21. The Morgan fingerprint density at radius 2 is 1.62 bits per heavy atom. The minimum absolute atomic E-state index is 0.117. The first-order valence-corrected chi connectivity index (χ1v) is 10.3. The fourth-order valence-electron chi connectivity index (χ4n) is 2.11. The number of nitrogens with one attached hydrogen (secondary N) is 1. The molecule has 2 aromatic rings. The number of sulfone groups is 1. The first kappa shape index (κ1) is 22.3. The van der Waals surface area contributed by atoms with E-state index in [0.29, 0.717) is 11.3 Å². The Hall–Kier alpha value is -3.01. The third-order valence-corrected chi connectivity index (χ3v) is 5.70. The van der Waals surface area contributed by atoms with E-state index in [1.807, 2.05) is 5.32 Å². The zero-order chi connectivity index (χ0) is 21.8. The molecule has 10 heteroatoms. The van der Waals surface area contributed by atoms with Gasteiger partial charge in [-0.25, -0.2) is 33.3 Å². The summed E-state index contributed by atoms with van der Waals surface area (Å²) in [5.74, 6) is -0.117. The predicted molar refractivity (Wildman–Crippen MR) is 105 cm³/mol. The SMILES string of the molecule is CC(C)S(=O)(=O)c1ccc(-c2cnc(OC(=O)NC(=O)OC(C)(C)C)cn2)cc1. The molecule has 0 aliphatic rings. The number of rotatable bonds is 4. The lowest BCUT2D eigenvalue weighted by atomic mass is 10.2. The molecule has 2 rings (SSSR count). The second-order valence-electron chi connectivity index (χ2n) is 7.37. The molecule has 1 heterocycles. The van der Waals surface area contributed by atoms with E-state index in [4.69, 9.17) is 9.47 Å². The standard InChI is InChI=1S/C19H23N3O6S/c1-12(2)29(25,26)14-8-6-13(7-9-14)15-10-21-16(11-20-15)27-17(23)22-18(24)28-19(3,4)5/h6-12H,1-5H3,(H,22,23,24). The van der Waals surface area contributed by atoms with Gasteiger partial charge in [-0.3, -0.25) is 0 Å². The van der Waals surface area contributed by atoms with Gasteiger partial charge in [0.15, 0.2) is 9.84 Å². The van der Waals surface area contributed by atoms with Gasteiger partial charge in [0.2, 0.25) is 5.88 Å². The molecule has 0 unspecified atom stereocenters. The summed E-state index contributed by atoms with van der Waals surface area (Å²) in [5, 5.41) is 1.40. The molecular weight excluding hydrogens is 398 g/mol. The van der Waals surface area contributed by atoms with Gasteiger partial charge < -0.3 is 9.47 Å². The monoisotopic (exact) mass is 421 g/mol. The van der Waals surface area contributed by atoms with Crippen LogP contribution in [0.15, 0.2) is 41.6 Å². The fraction of sp³-hybridized carbons (Fsp3) is 0.368. The summed E-state index contributed by atoms with van der Waals surface area (Å²) in [7, 11) is -3.36. The van der Waals surface area contributed by atoms with E-state index in [-0.39, 0.29) is 10.8 Å². The number of carbonyl (C=O) groups excluding carboxylic acids is 2. The fourth-order valence-corrected chi connectivity index (χ4v) is 3.17. The van der Waals surface area contributed by atoms with Crippen LogP contribution in [0.3, 0.4) is 0 Å². The van der Waals surface area contributed by atoms with Crippen LogP contribution in [-0.2, 0) is 14.6 Å². The summed E-state index contributed by atoms with van der Waals surface area (Å²) >= 11 is 0. The maximum Gasteiger partial charge on any atom is 0.423 e. The zero-order valence-electron chi connectivity index (χ0n) is 16.8. The molecule has 0 saturated heterocycles. The van der Waals surface area contributed by atoms with Gasteiger partial charge in [-0.05, 0) is 46.8 Å². The molecular formula is C19H23N3O6S. The van der Waals surface area contributed by atoms with Crippen LogP contribution < -0.4 is 10.1 Å². The number of amides is 2. The topological polar surface area (TPSA) is 125 Å².